The summed E-state index contributed by atoms with van der Waals surface area (Å²) in [6, 6.07) is 14.2. The lowest BCUT2D eigenvalue weighted by Crippen LogP contribution is -2.24. The van der Waals surface area contributed by atoms with E-state index in [1.54, 1.807) is 12.5 Å². The molecule has 1 aliphatic heterocycles. The van der Waals surface area contributed by atoms with Crippen LogP contribution in [0.15, 0.2) is 61.2 Å². The van der Waals surface area contributed by atoms with Crippen LogP contribution in [0.3, 0.4) is 0 Å². The topological polar surface area (TPSA) is 63.9 Å². The lowest BCUT2D eigenvalue weighted by Gasteiger charge is -2.16. The van der Waals surface area contributed by atoms with Crippen molar-refractivity contribution < 1.29 is 4.79 Å². The van der Waals surface area contributed by atoms with Gasteiger partial charge in [-0.2, -0.15) is 5.10 Å². The van der Waals surface area contributed by atoms with E-state index in [2.05, 4.69) is 27.2 Å². The molecule has 1 aliphatic rings. The molecule has 0 N–H and O–H groups in total. The van der Waals surface area contributed by atoms with Gasteiger partial charge in [-0.25, -0.2) is 9.67 Å². The van der Waals surface area contributed by atoms with Crippen molar-refractivity contribution in [2.24, 2.45) is 0 Å². The molecule has 2 aromatic heterocycles. The van der Waals surface area contributed by atoms with E-state index in [-0.39, 0.29) is 11.8 Å². The molecular formula is C20H21N5O. The Hall–Kier alpha value is -3.02. The molecule has 3 aromatic rings. The fourth-order valence-electron chi connectivity index (χ4n) is 3.45. The lowest BCUT2D eigenvalue weighted by molar-refractivity contribution is -0.128. The van der Waals surface area contributed by atoms with E-state index < -0.39 is 0 Å². The molecule has 6 heteroatoms. The zero-order chi connectivity index (χ0) is 17.8. The highest BCUT2D eigenvalue weighted by molar-refractivity contribution is 5.79. The summed E-state index contributed by atoms with van der Waals surface area (Å²) in [7, 11) is 0. The summed E-state index contributed by atoms with van der Waals surface area (Å²) in [5.41, 5.74) is 2.32. The van der Waals surface area contributed by atoms with Gasteiger partial charge in [0.2, 0.25) is 5.91 Å². The molecular weight excluding hydrogens is 326 g/mol. The number of benzene rings is 1. The molecule has 132 valence electrons. The molecule has 6 nitrogen and oxygen atoms in total. The quantitative estimate of drug-likeness (QED) is 0.687. The van der Waals surface area contributed by atoms with Crippen LogP contribution in [0.25, 0.3) is 0 Å². The Morgan fingerprint density at radius 3 is 2.73 bits per heavy atom. The predicted octanol–water partition coefficient (Wildman–Crippen LogP) is 2.43. The number of carbonyl (C=O) groups is 1. The standard InChI is InChI=1S/C20H21N5O/c26-19-11-18(14-24(19)13-17-7-4-9-21-12-17)20-22-15-23-25(20)10-8-16-5-2-1-3-6-16/h1-7,9,12,15,18H,8,10-11,13-14H2. The molecule has 0 bridgehead atoms. The number of nitrogens with zero attached hydrogens (tertiary/aromatic N) is 5. The average molecular weight is 347 g/mol. The zero-order valence-electron chi connectivity index (χ0n) is 14.5. The maximum Gasteiger partial charge on any atom is 0.223 e. The SMILES string of the molecule is O=C1CC(c2ncnn2CCc2ccccc2)CN1Cc1cccnc1. The molecule has 3 heterocycles. The second-order valence-electron chi connectivity index (χ2n) is 6.61. The van der Waals surface area contributed by atoms with Crippen molar-refractivity contribution in [3.8, 4) is 0 Å². The van der Waals surface area contributed by atoms with Crippen molar-refractivity contribution in [1.82, 2.24) is 24.6 Å². The smallest absolute Gasteiger partial charge is 0.223 e. The number of hydrogen-bond donors (Lipinski definition) is 0. The molecule has 1 aromatic carbocycles. The van der Waals surface area contributed by atoms with E-state index in [4.69, 9.17) is 0 Å². The Kier molecular flexibility index (Phi) is 4.73. The van der Waals surface area contributed by atoms with Crippen molar-refractivity contribution >= 4 is 5.91 Å². The molecule has 0 aliphatic carbocycles. The number of aromatic nitrogens is 4. The predicted molar refractivity (Wildman–Crippen MR) is 97.2 cm³/mol. The van der Waals surface area contributed by atoms with Crippen molar-refractivity contribution in [2.75, 3.05) is 6.54 Å². The number of carbonyl (C=O) groups excluding carboxylic acids is 1. The molecule has 1 saturated heterocycles. The van der Waals surface area contributed by atoms with Crippen LogP contribution in [0.2, 0.25) is 0 Å². The van der Waals surface area contributed by atoms with Crippen LogP contribution in [0.5, 0.6) is 0 Å². The van der Waals surface area contributed by atoms with Crippen LogP contribution in [0, 0.1) is 0 Å². The average Bonchev–Trinajstić information content (AvgIpc) is 3.28. The Balaban J connectivity index is 1.42. The Labute approximate surface area is 152 Å². The monoisotopic (exact) mass is 347 g/mol. The van der Waals surface area contributed by atoms with Crippen molar-refractivity contribution in [3.05, 3.63) is 78.1 Å². The summed E-state index contributed by atoms with van der Waals surface area (Å²) >= 11 is 0. The van der Waals surface area contributed by atoms with Gasteiger partial charge in [0.1, 0.15) is 12.2 Å². The van der Waals surface area contributed by atoms with E-state index in [1.165, 1.54) is 5.56 Å². The molecule has 0 saturated carbocycles. The summed E-state index contributed by atoms with van der Waals surface area (Å²) in [4.78, 5) is 22.9. The number of amides is 1. The first-order valence-electron chi connectivity index (χ1n) is 8.88. The largest absolute Gasteiger partial charge is 0.338 e. The highest BCUT2D eigenvalue weighted by Crippen LogP contribution is 2.27. The second-order valence-corrected chi connectivity index (χ2v) is 6.61. The van der Waals surface area contributed by atoms with Gasteiger partial charge in [-0.15, -0.1) is 0 Å². The second kappa shape index (κ2) is 7.47. The van der Waals surface area contributed by atoms with Gasteiger partial charge in [-0.05, 0) is 23.6 Å². The minimum Gasteiger partial charge on any atom is -0.338 e. The maximum atomic E-state index is 12.4. The first kappa shape index (κ1) is 16.4. The number of hydrogen-bond acceptors (Lipinski definition) is 4. The molecule has 1 amide bonds. The number of likely N-dealkylation sites (tertiary alicyclic amines) is 1. The van der Waals surface area contributed by atoms with Gasteiger partial charge in [-0.3, -0.25) is 9.78 Å². The van der Waals surface area contributed by atoms with Gasteiger partial charge in [-0.1, -0.05) is 36.4 Å². The summed E-state index contributed by atoms with van der Waals surface area (Å²) in [6.45, 7) is 2.05. The van der Waals surface area contributed by atoms with Crippen molar-refractivity contribution in [3.63, 3.8) is 0 Å². The highest BCUT2D eigenvalue weighted by Gasteiger charge is 2.33. The fraction of sp³-hybridized carbons (Fsp3) is 0.300. The van der Waals surface area contributed by atoms with Crippen LogP contribution in [0.4, 0.5) is 0 Å². The molecule has 4 rings (SSSR count). The van der Waals surface area contributed by atoms with Crippen LogP contribution < -0.4 is 0 Å². The van der Waals surface area contributed by atoms with Crippen LogP contribution in [-0.2, 0) is 24.3 Å². The minimum atomic E-state index is 0.0949. The van der Waals surface area contributed by atoms with Crippen molar-refractivity contribution in [1.29, 1.82) is 0 Å². The van der Waals surface area contributed by atoms with Gasteiger partial charge >= 0.3 is 0 Å². The summed E-state index contributed by atoms with van der Waals surface area (Å²) in [5, 5.41) is 4.38. The highest BCUT2D eigenvalue weighted by atomic mass is 16.2. The van der Waals surface area contributed by atoms with Gasteiger partial charge in [0.15, 0.2) is 0 Å². The number of rotatable bonds is 6. The van der Waals surface area contributed by atoms with E-state index >= 15 is 0 Å². The third kappa shape index (κ3) is 3.64. The van der Waals surface area contributed by atoms with Gasteiger partial charge < -0.3 is 4.90 Å². The molecule has 1 atom stereocenters. The first-order valence-corrected chi connectivity index (χ1v) is 8.88. The molecule has 26 heavy (non-hydrogen) atoms. The first-order chi connectivity index (χ1) is 12.8. The molecule has 0 radical (unpaired) electrons. The maximum absolute atomic E-state index is 12.4. The van der Waals surface area contributed by atoms with E-state index in [9.17, 15) is 4.79 Å². The van der Waals surface area contributed by atoms with Crippen LogP contribution >= 0.6 is 0 Å². The van der Waals surface area contributed by atoms with Gasteiger partial charge in [0.05, 0.1) is 0 Å². The Morgan fingerprint density at radius 1 is 1.08 bits per heavy atom. The molecule has 0 spiro atoms. The van der Waals surface area contributed by atoms with Gasteiger partial charge in [0, 0.05) is 44.4 Å². The van der Waals surface area contributed by atoms with Crippen molar-refractivity contribution in [2.45, 2.75) is 31.8 Å². The molecule has 1 fully saturated rings. The third-order valence-corrected chi connectivity index (χ3v) is 4.78. The third-order valence-electron chi connectivity index (χ3n) is 4.78. The lowest BCUT2D eigenvalue weighted by atomic mass is 10.1. The number of aryl methyl sites for hydroxylation is 2. The summed E-state index contributed by atoms with van der Waals surface area (Å²) < 4.78 is 1.94. The Bertz CT molecular complexity index is 862. The molecule has 1 unspecified atom stereocenters. The van der Waals surface area contributed by atoms with E-state index in [1.807, 2.05) is 46.1 Å². The fourth-order valence-corrected chi connectivity index (χ4v) is 3.45. The van der Waals surface area contributed by atoms with Gasteiger partial charge in [0.25, 0.3) is 0 Å². The minimum absolute atomic E-state index is 0.0949. The summed E-state index contributed by atoms with van der Waals surface area (Å²) in [6.07, 6.45) is 6.53. The van der Waals surface area contributed by atoms with E-state index in [0.29, 0.717) is 19.5 Å². The number of pyridine rings is 1. The van der Waals surface area contributed by atoms with Crippen LogP contribution in [-0.4, -0.2) is 37.1 Å². The zero-order valence-corrected chi connectivity index (χ0v) is 14.5. The normalized spacial score (nSPS) is 17.0. The summed E-state index contributed by atoms with van der Waals surface area (Å²) in [5.74, 6) is 1.16. The van der Waals surface area contributed by atoms with Crippen LogP contribution in [0.1, 0.15) is 29.3 Å². The van der Waals surface area contributed by atoms with E-state index in [0.717, 1.165) is 24.4 Å². The Morgan fingerprint density at radius 2 is 1.92 bits per heavy atom.